The van der Waals surface area contributed by atoms with E-state index in [-0.39, 0.29) is 5.69 Å². The highest BCUT2D eigenvalue weighted by atomic mass is 35.5. The van der Waals surface area contributed by atoms with E-state index in [0.717, 1.165) is 4.90 Å². The quantitative estimate of drug-likeness (QED) is 0.808. The summed E-state index contributed by atoms with van der Waals surface area (Å²) < 4.78 is 4.59. The van der Waals surface area contributed by atoms with Gasteiger partial charge in [-0.1, -0.05) is 35.0 Å². The van der Waals surface area contributed by atoms with E-state index >= 15 is 0 Å². The minimum Gasteiger partial charge on any atom is -0.464 e. The van der Waals surface area contributed by atoms with E-state index in [0.29, 0.717) is 15.1 Å². The van der Waals surface area contributed by atoms with Crippen LogP contribution in [0.15, 0.2) is 40.5 Å². The number of aromatic nitrogens is 2. The van der Waals surface area contributed by atoms with Crippen molar-refractivity contribution in [2.24, 2.45) is 0 Å². The number of methoxy groups -OCH3 is 1. The third kappa shape index (κ3) is 3.59. The monoisotopic (exact) mass is 314 g/mol. The molecule has 1 aromatic carbocycles. The zero-order chi connectivity index (χ0) is 13.8. The molecule has 7 heteroatoms. The molecular weight excluding hydrogens is 307 g/mol. The van der Waals surface area contributed by atoms with Gasteiger partial charge >= 0.3 is 5.97 Å². The van der Waals surface area contributed by atoms with Crippen LogP contribution in [0.4, 0.5) is 0 Å². The molecule has 0 N–H and O–H groups in total. The van der Waals surface area contributed by atoms with Crippen LogP contribution in [0.5, 0.6) is 0 Å². The molecule has 0 atom stereocenters. The molecule has 0 saturated heterocycles. The molecule has 0 fully saturated rings. The third-order valence-electron chi connectivity index (χ3n) is 2.11. The molecule has 0 spiro atoms. The van der Waals surface area contributed by atoms with Crippen molar-refractivity contribution >= 4 is 40.9 Å². The molecule has 2 aromatic rings. The summed E-state index contributed by atoms with van der Waals surface area (Å²) in [6.07, 6.45) is 2.88. The van der Waals surface area contributed by atoms with Gasteiger partial charge in [-0.2, -0.15) is 0 Å². The fourth-order valence-electron chi connectivity index (χ4n) is 1.27. The van der Waals surface area contributed by atoms with Crippen LogP contribution < -0.4 is 0 Å². The minimum atomic E-state index is -0.535. The van der Waals surface area contributed by atoms with Gasteiger partial charge in [-0.15, -0.1) is 0 Å². The van der Waals surface area contributed by atoms with Gasteiger partial charge in [0.25, 0.3) is 0 Å². The van der Waals surface area contributed by atoms with E-state index in [1.807, 2.05) is 0 Å². The molecule has 0 unspecified atom stereocenters. The van der Waals surface area contributed by atoms with Crippen LogP contribution in [0.25, 0.3) is 0 Å². The molecule has 2 rings (SSSR count). The second kappa shape index (κ2) is 6.23. The van der Waals surface area contributed by atoms with Crippen LogP contribution in [0.3, 0.4) is 0 Å². The zero-order valence-corrected chi connectivity index (χ0v) is 12.1. The standard InChI is InChI=1S/C12H8Cl2N2O2S/c1-18-12(17)9-5-15-6-11(16-9)19-10-4-7(13)2-3-8(10)14/h2-6H,1H3. The van der Waals surface area contributed by atoms with Crippen LogP contribution in [0.2, 0.25) is 10.0 Å². The number of nitrogens with zero attached hydrogens (tertiary/aromatic N) is 2. The molecule has 0 saturated carbocycles. The van der Waals surface area contributed by atoms with Gasteiger partial charge in [0.15, 0.2) is 5.69 Å². The second-order valence-electron chi connectivity index (χ2n) is 3.41. The van der Waals surface area contributed by atoms with Crippen LogP contribution in [0.1, 0.15) is 10.5 Å². The summed E-state index contributed by atoms with van der Waals surface area (Å²) in [6.45, 7) is 0. The molecule has 98 valence electrons. The number of esters is 1. The average molecular weight is 315 g/mol. The summed E-state index contributed by atoms with van der Waals surface area (Å²) in [5, 5.41) is 1.66. The molecule has 1 heterocycles. The lowest BCUT2D eigenvalue weighted by Gasteiger charge is -2.05. The van der Waals surface area contributed by atoms with Crippen molar-refractivity contribution in [2.75, 3.05) is 7.11 Å². The highest BCUT2D eigenvalue weighted by molar-refractivity contribution is 7.99. The van der Waals surface area contributed by atoms with Crippen LogP contribution in [-0.4, -0.2) is 23.0 Å². The predicted molar refractivity (Wildman–Crippen MR) is 74.0 cm³/mol. The lowest BCUT2D eigenvalue weighted by molar-refractivity contribution is 0.0592. The van der Waals surface area contributed by atoms with Crippen molar-refractivity contribution in [3.8, 4) is 0 Å². The normalized spacial score (nSPS) is 10.3. The predicted octanol–water partition coefficient (Wildman–Crippen LogP) is 3.72. The largest absolute Gasteiger partial charge is 0.464 e. The number of benzene rings is 1. The highest BCUT2D eigenvalue weighted by Gasteiger charge is 2.10. The van der Waals surface area contributed by atoms with Crippen LogP contribution in [0, 0.1) is 0 Å². The van der Waals surface area contributed by atoms with Crippen LogP contribution in [-0.2, 0) is 4.74 Å². The maximum Gasteiger partial charge on any atom is 0.358 e. The number of halogens is 2. The second-order valence-corrected chi connectivity index (χ2v) is 5.32. The van der Waals surface area contributed by atoms with E-state index in [2.05, 4.69) is 14.7 Å². The molecule has 0 radical (unpaired) electrons. The van der Waals surface area contributed by atoms with E-state index in [9.17, 15) is 4.79 Å². The number of ether oxygens (including phenoxy) is 1. The SMILES string of the molecule is COC(=O)c1cncc(Sc2cc(Cl)ccc2Cl)n1. The Hall–Kier alpha value is -1.30. The maximum absolute atomic E-state index is 11.4. The molecule has 1 aromatic heterocycles. The van der Waals surface area contributed by atoms with E-state index in [1.54, 1.807) is 18.2 Å². The van der Waals surface area contributed by atoms with Gasteiger partial charge in [0.2, 0.25) is 0 Å². The van der Waals surface area contributed by atoms with E-state index < -0.39 is 5.97 Å². The van der Waals surface area contributed by atoms with Gasteiger partial charge in [0.1, 0.15) is 5.03 Å². The molecule has 0 amide bonds. The lowest BCUT2D eigenvalue weighted by atomic mass is 10.4. The average Bonchev–Trinajstić information content (AvgIpc) is 2.42. The molecular formula is C12H8Cl2N2O2S. The summed E-state index contributed by atoms with van der Waals surface area (Å²) in [6, 6.07) is 5.12. The fraction of sp³-hybridized carbons (Fsp3) is 0.0833. The van der Waals surface area contributed by atoms with Crippen molar-refractivity contribution in [1.82, 2.24) is 9.97 Å². The number of carbonyl (C=O) groups is 1. The number of rotatable bonds is 3. The first-order valence-electron chi connectivity index (χ1n) is 5.13. The Morgan fingerprint density at radius 2 is 2.11 bits per heavy atom. The maximum atomic E-state index is 11.4. The third-order valence-corrected chi connectivity index (χ3v) is 3.76. The smallest absolute Gasteiger partial charge is 0.358 e. The minimum absolute atomic E-state index is 0.144. The first-order valence-corrected chi connectivity index (χ1v) is 6.70. The number of carbonyl (C=O) groups excluding carboxylic acids is 1. The summed E-state index contributed by atoms with van der Waals surface area (Å²) in [5.41, 5.74) is 0.144. The molecule has 0 aliphatic heterocycles. The van der Waals surface area contributed by atoms with Crippen molar-refractivity contribution in [1.29, 1.82) is 0 Å². The van der Waals surface area contributed by atoms with Gasteiger partial charge < -0.3 is 4.74 Å². The van der Waals surface area contributed by atoms with Crippen molar-refractivity contribution in [2.45, 2.75) is 9.92 Å². The highest BCUT2D eigenvalue weighted by Crippen LogP contribution is 2.33. The van der Waals surface area contributed by atoms with Gasteiger partial charge in [-0.3, -0.25) is 4.98 Å². The first-order chi connectivity index (χ1) is 9.10. The Morgan fingerprint density at radius 1 is 1.32 bits per heavy atom. The van der Waals surface area contributed by atoms with Gasteiger partial charge in [-0.05, 0) is 18.2 Å². The zero-order valence-electron chi connectivity index (χ0n) is 9.76. The number of hydrogen-bond donors (Lipinski definition) is 0. The van der Waals surface area contributed by atoms with E-state index in [1.165, 1.54) is 31.3 Å². The van der Waals surface area contributed by atoms with Crippen LogP contribution >= 0.6 is 35.0 Å². The van der Waals surface area contributed by atoms with Crippen molar-refractivity contribution in [3.63, 3.8) is 0 Å². The Kier molecular flexibility index (Phi) is 4.63. The summed E-state index contributed by atoms with van der Waals surface area (Å²) in [4.78, 5) is 20.2. The Morgan fingerprint density at radius 3 is 2.84 bits per heavy atom. The Bertz CT molecular complexity index is 622. The topological polar surface area (TPSA) is 52.1 Å². The van der Waals surface area contributed by atoms with Crippen molar-refractivity contribution < 1.29 is 9.53 Å². The first kappa shape index (κ1) is 14.1. The molecule has 19 heavy (non-hydrogen) atoms. The molecule has 0 bridgehead atoms. The fourth-order valence-corrected chi connectivity index (χ4v) is 2.57. The summed E-state index contributed by atoms with van der Waals surface area (Å²) in [5.74, 6) is -0.535. The summed E-state index contributed by atoms with van der Waals surface area (Å²) >= 11 is 13.2. The van der Waals surface area contributed by atoms with Gasteiger partial charge in [-0.25, -0.2) is 9.78 Å². The molecule has 0 aliphatic carbocycles. The van der Waals surface area contributed by atoms with Gasteiger partial charge in [0.05, 0.1) is 24.5 Å². The van der Waals surface area contributed by atoms with Gasteiger partial charge in [0, 0.05) is 9.92 Å². The Balaban J connectivity index is 2.28. The molecule has 4 nitrogen and oxygen atoms in total. The summed E-state index contributed by atoms with van der Waals surface area (Å²) in [7, 11) is 1.29. The Labute approximate surface area is 124 Å². The number of hydrogen-bond acceptors (Lipinski definition) is 5. The van der Waals surface area contributed by atoms with E-state index in [4.69, 9.17) is 23.2 Å². The van der Waals surface area contributed by atoms with Crippen molar-refractivity contribution in [3.05, 3.63) is 46.3 Å². The molecule has 0 aliphatic rings. The lowest BCUT2D eigenvalue weighted by Crippen LogP contribution is -2.05.